The molecule has 4 atom stereocenters. The van der Waals surface area contributed by atoms with E-state index in [1.165, 1.54) is 154 Å². The molecule has 0 aromatic carbocycles. The normalized spacial score (nSPS) is 13.4. The standard InChI is InChI=1S/C77H144N4O12/c1-5-9-13-17-21-25-29-33-37-41-50-66(62-71(83)84)70(82)54-45-46-58-81(59-47-55-78-75(91)67(63-72(85)86)51-42-38-34-30-26-22-18-14-10-6-2,60-48-56-79-76(92)68(64-73(87)88)52-43-39-35-31-27-23-19-15-11-7-3)61-49-57-80-77(93)69(65-74(89)90)53-44-40-36-32-28-24-20-16-12-8-4/h66-69H,5-65H2,1-4H3,(H6-,78,79,80,83,84,85,86,87,88,89,90,91,92,93)/p+1. The molecule has 0 saturated carbocycles. The average Bonchev–Trinajstić information content (AvgIpc) is 2.02. The minimum absolute atomic E-state index is 0.0317. The number of hydrogen-bond acceptors (Lipinski definition) is 8. The van der Waals surface area contributed by atoms with E-state index in [1.807, 2.05) is 0 Å². The van der Waals surface area contributed by atoms with Gasteiger partial charge < -0.3 is 40.9 Å². The van der Waals surface area contributed by atoms with Crippen LogP contribution in [0, 0.1) is 23.7 Å². The van der Waals surface area contributed by atoms with Gasteiger partial charge >= 0.3 is 23.9 Å². The van der Waals surface area contributed by atoms with Crippen molar-refractivity contribution in [1.29, 1.82) is 0 Å². The van der Waals surface area contributed by atoms with Crippen molar-refractivity contribution < 1.29 is 63.3 Å². The average molecular weight is 1320 g/mol. The molecular formula is C77H145N4O12+. The van der Waals surface area contributed by atoms with E-state index in [9.17, 15) is 58.8 Å². The van der Waals surface area contributed by atoms with Gasteiger partial charge in [0.25, 0.3) is 0 Å². The summed E-state index contributed by atoms with van der Waals surface area (Å²) in [5.74, 6) is -7.36. The van der Waals surface area contributed by atoms with Crippen molar-refractivity contribution in [3.8, 4) is 0 Å². The van der Waals surface area contributed by atoms with Gasteiger partial charge in [0.1, 0.15) is 5.78 Å². The summed E-state index contributed by atoms with van der Waals surface area (Å²) in [6.07, 6.45) is 49.7. The van der Waals surface area contributed by atoms with Crippen LogP contribution in [-0.2, 0) is 38.4 Å². The van der Waals surface area contributed by atoms with Crippen molar-refractivity contribution in [3.05, 3.63) is 0 Å². The number of amides is 3. The van der Waals surface area contributed by atoms with Gasteiger partial charge in [0.2, 0.25) is 17.7 Å². The molecule has 16 nitrogen and oxygen atoms in total. The highest BCUT2D eigenvalue weighted by Crippen LogP contribution is 2.24. The molecule has 0 aromatic rings. The van der Waals surface area contributed by atoms with Crippen LogP contribution in [0.5, 0.6) is 0 Å². The molecule has 16 heteroatoms. The molecule has 0 aliphatic carbocycles. The number of hydrogen-bond donors (Lipinski definition) is 7. The third kappa shape index (κ3) is 55.7. The molecule has 0 fully saturated rings. The summed E-state index contributed by atoms with van der Waals surface area (Å²) in [7, 11) is 0. The first kappa shape index (κ1) is 88.9. The van der Waals surface area contributed by atoms with E-state index in [0.717, 1.165) is 103 Å². The highest BCUT2D eigenvalue weighted by atomic mass is 16.4. The first-order valence-corrected chi connectivity index (χ1v) is 39.1. The molecule has 0 aromatic heterocycles. The molecule has 0 heterocycles. The lowest BCUT2D eigenvalue weighted by atomic mass is 9.90. The zero-order valence-electron chi connectivity index (χ0n) is 60.4. The first-order chi connectivity index (χ1) is 45.0. The molecule has 93 heavy (non-hydrogen) atoms. The van der Waals surface area contributed by atoms with Crippen LogP contribution in [0.2, 0.25) is 0 Å². The highest BCUT2D eigenvalue weighted by molar-refractivity contribution is 5.85. The fourth-order valence-electron chi connectivity index (χ4n) is 13.6. The number of nitrogens with one attached hydrogen (secondary N) is 3. The van der Waals surface area contributed by atoms with Crippen molar-refractivity contribution in [2.75, 3.05) is 45.8 Å². The number of rotatable bonds is 73. The Hall–Kier alpha value is -4.08. The third-order valence-corrected chi connectivity index (χ3v) is 19.5. The zero-order chi connectivity index (χ0) is 68.7. The Morgan fingerprint density at radius 2 is 0.462 bits per heavy atom. The van der Waals surface area contributed by atoms with Gasteiger partial charge in [0.15, 0.2) is 0 Å². The summed E-state index contributed by atoms with van der Waals surface area (Å²) in [5, 5.41) is 48.7. The van der Waals surface area contributed by atoms with E-state index in [-0.39, 0.29) is 55.6 Å². The van der Waals surface area contributed by atoms with Crippen molar-refractivity contribution in [2.45, 2.75) is 374 Å². The number of aliphatic carboxylic acids is 4. The number of carbonyl (C=O) groups excluding carboxylic acids is 4. The molecule has 7 N–H and O–H groups in total. The highest BCUT2D eigenvalue weighted by Gasteiger charge is 2.30. The molecular weight excluding hydrogens is 1170 g/mol. The van der Waals surface area contributed by atoms with Crippen LogP contribution in [0.25, 0.3) is 0 Å². The van der Waals surface area contributed by atoms with Gasteiger partial charge in [-0.1, -0.05) is 285 Å². The van der Waals surface area contributed by atoms with E-state index >= 15 is 0 Å². The Bertz CT molecular complexity index is 1600. The van der Waals surface area contributed by atoms with Gasteiger partial charge in [-0.3, -0.25) is 38.4 Å². The van der Waals surface area contributed by atoms with Crippen LogP contribution in [0.15, 0.2) is 0 Å². The van der Waals surface area contributed by atoms with E-state index in [2.05, 4.69) is 43.6 Å². The minimum Gasteiger partial charge on any atom is -0.481 e. The van der Waals surface area contributed by atoms with Crippen LogP contribution in [-0.4, -0.2) is 118 Å². The molecule has 0 aliphatic rings. The lowest BCUT2D eigenvalue weighted by molar-refractivity contribution is -0.928. The first-order valence-electron chi connectivity index (χ1n) is 39.1. The Labute approximate surface area is 568 Å². The van der Waals surface area contributed by atoms with Gasteiger partial charge in [-0.25, -0.2) is 0 Å². The fraction of sp³-hybridized carbons (Fsp3) is 0.896. The minimum atomic E-state index is -1.01. The van der Waals surface area contributed by atoms with Crippen molar-refractivity contribution >= 4 is 47.4 Å². The van der Waals surface area contributed by atoms with Crippen LogP contribution in [0.4, 0.5) is 0 Å². The summed E-state index contributed by atoms with van der Waals surface area (Å²) < 4.78 is 0.512. The fourth-order valence-corrected chi connectivity index (χ4v) is 13.6. The second-order valence-corrected chi connectivity index (χ2v) is 28.2. The molecule has 0 radical (unpaired) electrons. The lowest BCUT2D eigenvalue weighted by Crippen LogP contribution is -2.53. The number of carboxylic acids is 4. The number of carboxylic acid groups (broad SMARTS) is 4. The quantitative estimate of drug-likeness (QED) is 0.0222. The van der Waals surface area contributed by atoms with E-state index in [4.69, 9.17) is 0 Å². The monoisotopic (exact) mass is 1320 g/mol. The molecule has 544 valence electrons. The van der Waals surface area contributed by atoms with Crippen molar-refractivity contribution in [1.82, 2.24) is 16.0 Å². The SMILES string of the molecule is CCCCCCCCCCCCC(CC(=O)O)C(=O)CCCC[N+](CCCNC(=O)C(CCCCCCCCCCCC)CC(=O)O)(CCCNC(=O)C(CCCCCCCCCCCC)CC(=O)O)CCCNC(=O)C(CCCCCCCCCCCC)CC(=O)O. The molecule has 4 unspecified atom stereocenters. The van der Waals surface area contributed by atoms with Crippen LogP contribution in [0.1, 0.15) is 374 Å². The predicted molar refractivity (Wildman–Crippen MR) is 380 cm³/mol. The van der Waals surface area contributed by atoms with Gasteiger partial charge in [-0.05, 0) is 38.5 Å². The second kappa shape index (κ2) is 63.9. The van der Waals surface area contributed by atoms with E-state index in [0.29, 0.717) is 108 Å². The number of ketones is 1. The molecule has 0 spiro atoms. The summed E-state index contributed by atoms with van der Waals surface area (Å²) in [4.78, 5) is 103. The Morgan fingerprint density at radius 3 is 0.699 bits per heavy atom. The van der Waals surface area contributed by atoms with Crippen molar-refractivity contribution in [2.24, 2.45) is 23.7 Å². The van der Waals surface area contributed by atoms with E-state index in [1.54, 1.807) is 0 Å². The summed E-state index contributed by atoms with van der Waals surface area (Å²) >= 11 is 0. The smallest absolute Gasteiger partial charge is 0.304 e. The maximum absolute atomic E-state index is 13.9. The predicted octanol–water partition coefficient (Wildman–Crippen LogP) is 18.7. The number of quaternary nitrogens is 1. The van der Waals surface area contributed by atoms with Crippen molar-refractivity contribution in [3.63, 3.8) is 0 Å². The number of unbranched alkanes of at least 4 members (excludes halogenated alkanes) is 37. The van der Waals surface area contributed by atoms with E-state index < -0.39 is 47.5 Å². The zero-order valence-corrected chi connectivity index (χ0v) is 60.4. The Morgan fingerprint density at radius 1 is 0.258 bits per heavy atom. The topological polar surface area (TPSA) is 254 Å². The summed E-state index contributed by atoms with van der Waals surface area (Å²) in [6, 6.07) is 0. The Kier molecular flexibility index (Phi) is 61.1. The van der Waals surface area contributed by atoms with Crippen LogP contribution >= 0.6 is 0 Å². The number of nitrogens with zero attached hydrogens (tertiary/aromatic N) is 1. The summed E-state index contributed by atoms with van der Waals surface area (Å²) in [5.41, 5.74) is 0. The van der Waals surface area contributed by atoms with Crippen LogP contribution in [0.3, 0.4) is 0 Å². The lowest BCUT2D eigenvalue weighted by Gasteiger charge is -2.39. The van der Waals surface area contributed by atoms with Gasteiger partial charge in [-0.15, -0.1) is 0 Å². The molecule has 0 rings (SSSR count). The largest absolute Gasteiger partial charge is 0.481 e. The number of Topliss-reactive ketones (excluding diaryl/α,β-unsaturated/α-hetero) is 1. The number of carbonyl (C=O) groups is 8. The van der Waals surface area contributed by atoms with Gasteiger partial charge in [-0.2, -0.15) is 0 Å². The van der Waals surface area contributed by atoms with Gasteiger partial charge in [0, 0.05) is 69.0 Å². The molecule has 0 bridgehead atoms. The van der Waals surface area contributed by atoms with Gasteiger partial charge in [0.05, 0.1) is 51.9 Å². The maximum atomic E-state index is 13.9. The summed E-state index contributed by atoms with van der Waals surface area (Å²) in [6.45, 7) is 12.2. The molecule has 3 amide bonds. The van der Waals surface area contributed by atoms with Crippen LogP contribution < -0.4 is 16.0 Å². The molecule has 0 saturated heterocycles. The maximum Gasteiger partial charge on any atom is 0.304 e. The second-order valence-electron chi connectivity index (χ2n) is 28.2. The Balaban J connectivity index is 6.56. The molecule has 0 aliphatic heterocycles. The third-order valence-electron chi connectivity index (χ3n) is 19.5.